The summed E-state index contributed by atoms with van der Waals surface area (Å²) >= 11 is 0. The van der Waals surface area contributed by atoms with Crippen molar-refractivity contribution in [2.45, 2.75) is 26.2 Å². The van der Waals surface area contributed by atoms with E-state index in [1.54, 1.807) is 7.11 Å². The Bertz CT molecular complexity index is 112. The lowest BCUT2D eigenvalue weighted by atomic mass is 10.3. The average molecular weight is 174 g/mol. The number of hydrogen-bond acceptors (Lipinski definition) is 3. The van der Waals surface area contributed by atoms with Gasteiger partial charge >= 0.3 is 0 Å². The zero-order valence-corrected chi connectivity index (χ0v) is 7.97. The quantitative estimate of drug-likeness (QED) is 0.522. The molecule has 0 aliphatic carbocycles. The summed E-state index contributed by atoms with van der Waals surface area (Å²) in [5.41, 5.74) is 0. The molecule has 3 heteroatoms. The van der Waals surface area contributed by atoms with E-state index in [1.807, 2.05) is 6.92 Å². The van der Waals surface area contributed by atoms with E-state index in [2.05, 4.69) is 0 Å². The molecule has 0 radical (unpaired) electrons. The molecule has 0 bridgehead atoms. The van der Waals surface area contributed by atoms with Gasteiger partial charge < -0.3 is 9.47 Å². The number of carbonyl (C=O) groups excluding carboxylic acids is 1. The van der Waals surface area contributed by atoms with Crippen LogP contribution < -0.4 is 0 Å². The van der Waals surface area contributed by atoms with Crippen LogP contribution in [0, 0.1) is 0 Å². The Balaban J connectivity index is 2.95. The fourth-order valence-corrected chi connectivity index (χ4v) is 0.739. The highest BCUT2D eigenvalue weighted by Gasteiger charge is 1.96. The molecule has 0 spiro atoms. The Kier molecular flexibility index (Phi) is 8.39. The predicted molar refractivity (Wildman–Crippen MR) is 47.2 cm³/mol. The zero-order chi connectivity index (χ0) is 9.23. The summed E-state index contributed by atoms with van der Waals surface area (Å²) in [5.74, 6) is 0.168. The van der Waals surface area contributed by atoms with Gasteiger partial charge in [0.25, 0.3) is 0 Å². The molecule has 0 aromatic rings. The molecule has 12 heavy (non-hydrogen) atoms. The molecule has 0 rings (SSSR count). The second kappa shape index (κ2) is 8.68. The Hall–Kier alpha value is -0.410. The molecule has 0 atom stereocenters. The lowest BCUT2D eigenvalue weighted by Gasteiger charge is -2.01. The maximum Gasteiger partial charge on any atom is 0.158 e. The van der Waals surface area contributed by atoms with Gasteiger partial charge in [-0.05, 0) is 12.8 Å². The Morgan fingerprint density at radius 3 is 2.50 bits per heavy atom. The molecule has 0 fully saturated rings. The smallest absolute Gasteiger partial charge is 0.158 e. The van der Waals surface area contributed by atoms with E-state index >= 15 is 0 Å². The van der Waals surface area contributed by atoms with Gasteiger partial charge in [0.15, 0.2) is 5.78 Å². The molecular formula is C9H18O3. The van der Waals surface area contributed by atoms with Crippen molar-refractivity contribution in [3.63, 3.8) is 0 Å². The van der Waals surface area contributed by atoms with E-state index < -0.39 is 0 Å². The first kappa shape index (κ1) is 11.6. The normalized spacial score (nSPS) is 10.2. The van der Waals surface area contributed by atoms with Gasteiger partial charge in [0, 0.05) is 26.7 Å². The monoisotopic (exact) mass is 174 g/mol. The number of ketones is 1. The second-order valence-electron chi connectivity index (χ2n) is 2.64. The molecule has 0 amide bonds. The standard InChI is InChI=1S/C9H18O3/c1-3-9(10)8-12-7-5-4-6-11-2/h3-8H2,1-2H3. The van der Waals surface area contributed by atoms with Crippen LogP contribution in [0.1, 0.15) is 26.2 Å². The number of Topliss-reactive ketones (excluding diaryl/α,β-unsaturated/α-hetero) is 1. The van der Waals surface area contributed by atoms with Crippen molar-refractivity contribution < 1.29 is 14.3 Å². The number of methoxy groups -OCH3 is 1. The summed E-state index contributed by atoms with van der Waals surface area (Å²) in [5, 5.41) is 0. The molecule has 0 aromatic heterocycles. The minimum atomic E-state index is 0.168. The molecule has 0 heterocycles. The van der Waals surface area contributed by atoms with Crippen molar-refractivity contribution in [3.8, 4) is 0 Å². The number of rotatable bonds is 8. The summed E-state index contributed by atoms with van der Waals surface area (Å²) in [4.78, 5) is 10.8. The van der Waals surface area contributed by atoms with Gasteiger partial charge in [0.05, 0.1) is 0 Å². The maximum absolute atomic E-state index is 10.8. The van der Waals surface area contributed by atoms with E-state index in [9.17, 15) is 4.79 Å². The molecule has 72 valence electrons. The predicted octanol–water partition coefficient (Wildman–Crippen LogP) is 1.41. The van der Waals surface area contributed by atoms with Gasteiger partial charge in [0.1, 0.15) is 6.61 Å². The van der Waals surface area contributed by atoms with E-state index in [0.717, 1.165) is 19.4 Å². The van der Waals surface area contributed by atoms with Gasteiger partial charge in [0.2, 0.25) is 0 Å². The van der Waals surface area contributed by atoms with Gasteiger partial charge in [-0.1, -0.05) is 6.92 Å². The number of hydrogen-bond donors (Lipinski definition) is 0. The van der Waals surface area contributed by atoms with Crippen LogP contribution in [0.5, 0.6) is 0 Å². The van der Waals surface area contributed by atoms with Gasteiger partial charge in [-0.25, -0.2) is 0 Å². The van der Waals surface area contributed by atoms with Crippen LogP contribution in [-0.2, 0) is 14.3 Å². The topological polar surface area (TPSA) is 35.5 Å². The molecule has 0 aliphatic heterocycles. The van der Waals surface area contributed by atoms with E-state index in [4.69, 9.17) is 9.47 Å². The zero-order valence-electron chi connectivity index (χ0n) is 7.97. The van der Waals surface area contributed by atoms with Gasteiger partial charge in [-0.15, -0.1) is 0 Å². The molecule has 3 nitrogen and oxygen atoms in total. The SMILES string of the molecule is CCC(=O)COCCCCOC. The van der Waals surface area contributed by atoms with Crippen LogP contribution in [0.15, 0.2) is 0 Å². The van der Waals surface area contributed by atoms with Crippen molar-refractivity contribution in [1.29, 1.82) is 0 Å². The van der Waals surface area contributed by atoms with Gasteiger partial charge in [-0.2, -0.15) is 0 Å². The lowest BCUT2D eigenvalue weighted by Crippen LogP contribution is -2.08. The summed E-state index contributed by atoms with van der Waals surface area (Å²) in [6, 6.07) is 0. The minimum Gasteiger partial charge on any atom is -0.385 e. The number of unbranched alkanes of at least 4 members (excludes halogenated alkanes) is 1. The van der Waals surface area contributed by atoms with Crippen LogP contribution in [0.25, 0.3) is 0 Å². The largest absolute Gasteiger partial charge is 0.385 e. The first-order valence-electron chi connectivity index (χ1n) is 4.39. The summed E-state index contributed by atoms with van der Waals surface area (Å²) < 4.78 is 10.00. The highest BCUT2D eigenvalue weighted by Crippen LogP contribution is 1.91. The highest BCUT2D eigenvalue weighted by molar-refractivity contribution is 5.79. The van der Waals surface area contributed by atoms with Crippen molar-refractivity contribution >= 4 is 5.78 Å². The Labute approximate surface area is 74.0 Å². The van der Waals surface area contributed by atoms with Crippen molar-refractivity contribution in [1.82, 2.24) is 0 Å². The summed E-state index contributed by atoms with van der Waals surface area (Å²) in [7, 11) is 1.68. The fraction of sp³-hybridized carbons (Fsp3) is 0.889. The Morgan fingerprint density at radius 1 is 1.25 bits per heavy atom. The molecule has 0 unspecified atom stereocenters. The van der Waals surface area contributed by atoms with Crippen molar-refractivity contribution in [3.05, 3.63) is 0 Å². The second-order valence-corrected chi connectivity index (χ2v) is 2.64. The molecule has 0 aliphatic rings. The minimum absolute atomic E-state index is 0.168. The van der Waals surface area contributed by atoms with Crippen molar-refractivity contribution in [2.75, 3.05) is 26.9 Å². The van der Waals surface area contributed by atoms with Crippen LogP contribution in [0.2, 0.25) is 0 Å². The van der Waals surface area contributed by atoms with Crippen LogP contribution in [-0.4, -0.2) is 32.7 Å². The highest BCUT2D eigenvalue weighted by atomic mass is 16.5. The Morgan fingerprint density at radius 2 is 1.92 bits per heavy atom. The summed E-state index contributed by atoms with van der Waals surface area (Å²) in [6.07, 6.45) is 2.53. The molecule has 0 saturated heterocycles. The number of ether oxygens (including phenoxy) is 2. The van der Waals surface area contributed by atoms with Crippen LogP contribution in [0.4, 0.5) is 0 Å². The fourth-order valence-electron chi connectivity index (χ4n) is 0.739. The molecule has 0 N–H and O–H groups in total. The molecule has 0 aromatic carbocycles. The first-order valence-corrected chi connectivity index (χ1v) is 4.39. The van der Waals surface area contributed by atoms with Crippen molar-refractivity contribution in [2.24, 2.45) is 0 Å². The van der Waals surface area contributed by atoms with E-state index in [0.29, 0.717) is 13.0 Å². The maximum atomic E-state index is 10.8. The molecular weight excluding hydrogens is 156 g/mol. The third kappa shape index (κ3) is 7.69. The third-order valence-corrected chi connectivity index (χ3v) is 1.54. The molecule has 0 saturated carbocycles. The summed E-state index contributed by atoms with van der Waals surface area (Å²) in [6.45, 7) is 3.54. The lowest BCUT2D eigenvalue weighted by molar-refractivity contribution is -0.123. The van der Waals surface area contributed by atoms with Crippen LogP contribution >= 0.6 is 0 Å². The van der Waals surface area contributed by atoms with E-state index in [-0.39, 0.29) is 12.4 Å². The van der Waals surface area contributed by atoms with Crippen LogP contribution in [0.3, 0.4) is 0 Å². The van der Waals surface area contributed by atoms with E-state index in [1.165, 1.54) is 0 Å². The third-order valence-electron chi connectivity index (χ3n) is 1.54. The van der Waals surface area contributed by atoms with Gasteiger partial charge in [-0.3, -0.25) is 4.79 Å². The average Bonchev–Trinajstić information content (AvgIpc) is 2.10. The number of carbonyl (C=O) groups is 1. The first-order chi connectivity index (χ1) is 5.81.